The lowest BCUT2D eigenvalue weighted by atomic mass is 10.1. The van der Waals surface area contributed by atoms with Crippen molar-refractivity contribution in [2.45, 2.75) is 26.3 Å². The van der Waals surface area contributed by atoms with E-state index in [4.69, 9.17) is 6.42 Å². The third-order valence-corrected chi connectivity index (χ3v) is 1.20. The molecule has 0 unspecified atom stereocenters. The Labute approximate surface area is 51.7 Å². The van der Waals surface area contributed by atoms with Crippen LogP contribution in [0, 0.1) is 12.5 Å². The Hall–Kier alpha value is -0.640. The highest BCUT2D eigenvalue weighted by atomic mass is 15.1. The summed E-state index contributed by atoms with van der Waals surface area (Å²) in [5.41, 5.74) is 0.106. The number of nitrogens with zero attached hydrogens (tertiary/aromatic N) is 1. The molecule has 0 atom stereocenters. The molecule has 0 aromatic carbocycles. The summed E-state index contributed by atoms with van der Waals surface area (Å²) in [4.78, 5) is 1.84. The smallest absolute Gasteiger partial charge is 0.0392 e. The molecule has 0 aliphatic rings. The Morgan fingerprint density at radius 3 is 1.75 bits per heavy atom. The van der Waals surface area contributed by atoms with Crippen molar-refractivity contribution < 1.29 is 0 Å². The highest BCUT2D eigenvalue weighted by Crippen LogP contribution is 2.07. The maximum absolute atomic E-state index is 5.13. The van der Waals surface area contributed by atoms with E-state index >= 15 is 0 Å². The summed E-state index contributed by atoms with van der Waals surface area (Å²) in [6.07, 6.45) is 5.13. The topological polar surface area (TPSA) is 3.24 Å². The van der Waals surface area contributed by atoms with Gasteiger partial charge in [0.1, 0.15) is 0 Å². The van der Waals surface area contributed by atoms with Crippen LogP contribution in [-0.2, 0) is 0 Å². The minimum Gasteiger partial charge on any atom is -0.331 e. The van der Waals surface area contributed by atoms with E-state index in [0.717, 1.165) is 0 Å². The monoisotopic (exact) mass is 111 g/mol. The predicted molar refractivity (Wildman–Crippen MR) is 36.3 cm³/mol. The quantitative estimate of drug-likeness (QED) is 0.336. The molecule has 0 amide bonds. The van der Waals surface area contributed by atoms with E-state index in [1.807, 2.05) is 11.9 Å². The SMILES string of the molecule is C#CN(C)C(C)(C)C. The first-order chi connectivity index (χ1) is 3.48. The van der Waals surface area contributed by atoms with Crippen LogP contribution in [0.5, 0.6) is 0 Å². The Kier molecular flexibility index (Phi) is 1.92. The van der Waals surface area contributed by atoms with Crippen LogP contribution < -0.4 is 0 Å². The van der Waals surface area contributed by atoms with Crippen molar-refractivity contribution in [3.05, 3.63) is 0 Å². The zero-order valence-electron chi connectivity index (χ0n) is 6.02. The van der Waals surface area contributed by atoms with Crippen LogP contribution in [0.3, 0.4) is 0 Å². The van der Waals surface area contributed by atoms with E-state index in [-0.39, 0.29) is 5.54 Å². The first-order valence-electron chi connectivity index (χ1n) is 2.68. The van der Waals surface area contributed by atoms with Gasteiger partial charge in [0.25, 0.3) is 0 Å². The molecule has 0 saturated carbocycles. The molecule has 8 heavy (non-hydrogen) atoms. The molecule has 0 aliphatic carbocycles. The van der Waals surface area contributed by atoms with Crippen molar-refractivity contribution >= 4 is 0 Å². The fraction of sp³-hybridized carbons (Fsp3) is 0.714. The van der Waals surface area contributed by atoms with Crippen LogP contribution in [0.15, 0.2) is 0 Å². The van der Waals surface area contributed by atoms with Crippen molar-refractivity contribution in [2.24, 2.45) is 0 Å². The van der Waals surface area contributed by atoms with Crippen molar-refractivity contribution in [3.63, 3.8) is 0 Å². The van der Waals surface area contributed by atoms with Crippen molar-refractivity contribution in [2.75, 3.05) is 7.05 Å². The molecular weight excluding hydrogens is 98.1 g/mol. The second kappa shape index (κ2) is 2.09. The minimum atomic E-state index is 0.106. The van der Waals surface area contributed by atoms with E-state index in [9.17, 15) is 0 Å². The van der Waals surface area contributed by atoms with E-state index in [2.05, 4.69) is 26.8 Å². The summed E-state index contributed by atoms with van der Waals surface area (Å²) in [5.74, 6) is 0. The van der Waals surface area contributed by atoms with Gasteiger partial charge in [-0.1, -0.05) is 6.42 Å². The van der Waals surface area contributed by atoms with Gasteiger partial charge >= 0.3 is 0 Å². The minimum absolute atomic E-state index is 0.106. The summed E-state index contributed by atoms with van der Waals surface area (Å²) in [7, 11) is 1.90. The molecule has 0 saturated heterocycles. The standard InChI is InChI=1S/C7H13N/c1-6-8(5)7(2,3)4/h1H,2-5H3. The van der Waals surface area contributed by atoms with Crippen molar-refractivity contribution in [1.29, 1.82) is 0 Å². The second-order valence-electron chi connectivity index (χ2n) is 2.86. The Morgan fingerprint density at radius 1 is 1.38 bits per heavy atom. The third-order valence-electron chi connectivity index (χ3n) is 1.20. The predicted octanol–water partition coefficient (Wildman–Crippen LogP) is 1.31. The fourth-order valence-corrected chi connectivity index (χ4v) is 0.194. The first kappa shape index (κ1) is 7.36. The second-order valence-corrected chi connectivity index (χ2v) is 2.86. The summed E-state index contributed by atoms with van der Waals surface area (Å²) < 4.78 is 0. The van der Waals surface area contributed by atoms with Gasteiger partial charge in [-0.2, -0.15) is 0 Å². The maximum Gasteiger partial charge on any atom is 0.0392 e. The number of rotatable bonds is 0. The lowest BCUT2D eigenvalue weighted by Gasteiger charge is -2.27. The molecule has 46 valence electrons. The van der Waals surface area contributed by atoms with E-state index in [1.165, 1.54) is 0 Å². The van der Waals surface area contributed by atoms with Gasteiger partial charge in [0, 0.05) is 18.6 Å². The fourth-order valence-electron chi connectivity index (χ4n) is 0.194. The largest absolute Gasteiger partial charge is 0.331 e. The molecule has 0 heterocycles. The molecule has 0 aromatic heterocycles. The Balaban J connectivity index is 3.87. The molecule has 1 nitrogen and oxygen atoms in total. The summed E-state index contributed by atoms with van der Waals surface area (Å²) in [6.45, 7) is 6.23. The highest BCUT2D eigenvalue weighted by molar-refractivity contribution is 4.90. The van der Waals surface area contributed by atoms with E-state index < -0.39 is 0 Å². The van der Waals surface area contributed by atoms with Gasteiger partial charge in [-0.3, -0.25) is 0 Å². The average molecular weight is 111 g/mol. The molecule has 0 radical (unpaired) electrons. The lowest BCUT2D eigenvalue weighted by molar-refractivity contribution is 0.266. The van der Waals surface area contributed by atoms with Gasteiger partial charge in [-0.05, 0) is 20.8 Å². The van der Waals surface area contributed by atoms with Crippen LogP contribution in [-0.4, -0.2) is 17.5 Å². The molecule has 0 fully saturated rings. The Morgan fingerprint density at radius 2 is 1.75 bits per heavy atom. The van der Waals surface area contributed by atoms with Crippen LogP contribution in [0.2, 0.25) is 0 Å². The molecule has 0 rings (SSSR count). The number of terminal acetylenes is 1. The molecule has 1 heteroatoms. The van der Waals surface area contributed by atoms with Crippen LogP contribution >= 0.6 is 0 Å². The zero-order chi connectivity index (χ0) is 6.78. The normalized spacial score (nSPS) is 10.4. The van der Waals surface area contributed by atoms with E-state index in [1.54, 1.807) is 0 Å². The van der Waals surface area contributed by atoms with Crippen LogP contribution in [0.4, 0.5) is 0 Å². The summed E-state index contributed by atoms with van der Waals surface area (Å²) in [6, 6.07) is 2.54. The van der Waals surface area contributed by atoms with Crippen molar-refractivity contribution in [3.8, 4) is 12.5 Å². The molecular formula is C7H13N. The van der Waals surface area contributed by atoms with Crippen LogP contribution in [0.25, 0.3) is 0 Å². The van der Waals surface area contributed by atoms with Gasteiger partial charge in [0.2, 0.25) is 0 Å². The molecule has 0 aliphatic heterocycles. The molecule has 0 bridgehead atoms. The summed E-state index contributed by atoms with van der Waals surface area (Å²) in [5, 5.41) is 0. The molecule has 0 aromatic rings. The Bertz CT molecular complexity index is 103. The average Bonchev–Trinajstić information content (AvgIpc) is 1.62. The third kappa shape index (κ3) is 1.88. The van der Waals surface area contributed by atoms with Gasteiger partial charge in [0.05, 0.1) is 0 Å². The van der Waals surface area contributed by atoms with Gasteiger partial charge in [0.15, 0.2) is 0 Å². The first-order valence-corrected chi connectivity index (χ1v) is 2.68. The van der Waals surface area contributed by atoms with Gasteiger partial charge < -0.3 is 4.90 Å². The lowest BCUT2D eigenvalue weighted by Crippen LogP contribution is -2.33. The zero-order valence-corrected chi connectivity index (χ0v) is 6.02. The highest BCUT2D eigenvalue weighted by Gasteiger charge is 2.12. The van der Waals surface area contributed by atoms with Gasteiger partial charge in [-0.25, -0.2) is 0 Å². The van der Waals surface area contributed by atoms with E-state index in [0.29, 0.717) is 0 Å². The maximum atomic E-state index is 5.13. The molecule has 0 spiro atoms. The summed E-state index contributed by atoms with van der Waals surface area (Å²) >= 11 is 0. The number of hydrogen-bond donors (Lipinski definition) is 0. The molecule has 0 N–H and O–H groups in total. The van der Waals surface area contributed by atoms with Crippen LogP contribution in [0.1, 0.15) is 20.8 Å². The van der Waals surface area contributed by atoms with Gasteiger partial charge in [-0.15, -0.1) is 0 Å². The van der Waals surface area contributed by atoms with Crippen molar-refractivity contribution in [1.82, 2.24) is 4.90 Å². The number of hydrogen-bond acceptors (Lipinski definition) is 1.